The first-order valence-electron chi connectivity index (χ1n) is 7.14. The van der Waals surface area contributed by atoms with Crippen LogP contribution in [0, 0.1) is 5.92 Å². The van der Waals surface area contributed by atoms with Crippen LogP contribution in [0.15, 0.2) is 24.3 Å². The third-order valence-electron chi connectivity index (χ3n) is 4.10. The van der Waals surface area contributed by atoms with Crippen molar-refractivity contribution in [3.63, 3.8) is 0 Å². The summed E-state index contributed by atoms with van der Waals surface area (Å²) in [5.41, 5.74) is 1.20. The number of carbonyl (C=O) groups is 1. The van der Waals surface area contributed by atoms with Gasteiger partial charge in [0.15, 0.2) is 0 Å². The highest BCUT2D eigenvalue weighted by Gasteiger charge is 2.25. The van der Waals surface area contributed by atoms with Gasteiger partial charge in [-0.3, -0.25) is 4.79 Å². The third-order valence-corrected chi connectivity index (χ3v) is 4.10. The van der Waals surface area contributed by atoms with E-state index >= 15 is 0 Å². The zero-order valence-electron chi connectivity index (χ0n) is 11.1. The molecule has 1 aromatic carbocycles. The molecule has 0 spiro atoms. The number of hydrogen-bond donors (Lipinski definition) is 0. The molecule has 1 fully saturated rings. The second kappa shape index (κ2) is 5.74. The van der Waals surface area contributed by atoms with Gasteiger partial charge in [0, 0.05) is 26.1 Å². The van der Waals surface area contributed by atoms with Crippen LogP contribution in [0.3, 0.4) is 0 Å². The van der Waals surface area contributed by atoms with Gasteiger partial charge in [-0.1, -0.05) is 18.2 Å². The fourth-order valence-corrected chi connectivity index (χ4v) is 3.05. The Hall–Kier alpha value is -1.35. The Morgan fingerprint density at radius 3 is 2.89 bits per heavy atom. The molecule has 3 heteroatoms. The molecule has 3 rings (SSSR count). The first-order chi connectivity index (χ1) is 9.33. The minimum atomic E-state index is 0.333. The third kappa shape index (κ3) is 2.98. The molecule has 0 amide bonds. The van der Waals surface area contributed by atoms with Crippen molar-refractivity contribution in [3.05, 3.63) is 29.8 Å². The lowest BCUT2D eigenvalue weighted by atomic mass is 9.86. The van der Waals surface area contributed by atoms with Gasteiger partial charge in [-0.05, 0) is 36.3 Å². The second-order valence-corrected chi connectivity index (χ2v) is 5.55. The average Bonchev–Trinajstić information content (AvgIpc) is 2.92. The molecule has 0 bridgehead atoms. The fraction of sp³-hybridized carbons (Fsp3) is 0.562. The summed E-state index contributed by atoms with van der Waals surface area (Å²) in [5.74, 6) is 2.11. The van der Waals surface area contributed by atoms with Crippen LogP contribution in [-0.4, -0.2) is 25.6 Å². The first kappa shape index (κ1) is 12.7. The molecule has 2 atom stereocenters. The van der Waals surface area contributed by atoms with Gasteiger partial charge in [-0.25, -0.2) is 0 Å². The Morgan fingerprint density at radius 1 is 1.16 bits per heavy atom. The molecule has 2 heterocycles. The number of para-hydroxylation sites is 1. The lowest BCUT2D eigenvalue weighted by molar-refractivity contribution is -0.120. The van der Waals surface area contributed by atoms with Gasteiger partial charge in [0.25, 0.3) is 0 Å². The van der Waals surface area contributed by atoms with E-state index in [2.05, 4.69) is 6.07 Å². The average molecular weight is 260 g/mol. The molecule has 102 valence electrons. The van der Waals surface area contributed by atoms with Gasteiger partial charge in [0.1, 0.15) is 11.5 Å². The van der Waals surface area contributed by atoms with E-state index in [4.69, 9.17) is 9.47 Å². The van der Waals surface area contributed by atoms with Crippen molar-refractivity contribution in [2.24, 2.45) is 5.92 Å². The molecule has 0 saturated carbocycles. The number of carbonyl (C=O) groups excluding carboxylic acids is 1. The van der Waals surface area contributed by atoms with Crippen molar-refractivity contribution in [2.75, 3.05) is 19.8 Å². The SMILES string of the molecule is O=C(CC1CCOC1)CC1CCOc2ccccc21. The van der Waals surface area contributed by atoms with E-state index in [1.807, 2.05) is 18.2 Å². The number of benzene rings is 1. The zero-order chi connectivity index (χ0) is 13.1. The summed E-state index contributed by atoms with van der Waals surface area (Å²) in [6.45, 7) is 2.30. The Morgan fingerprint density at radius 2 is 2.05 bits per heavy atom. The van der Waals surface area contributed by atoms with Crippen LogP contribution < -0.4 is 4.74 Å². The van der Waals surface area contributed by atoms with Crippen molar-refractivity contribution in [3.8, 4) is 5.75 Å². The van der Waals surface area contributed by atoms with Crippen molar-refractivity contribution in [2.45, 2.75) is 31.6 Å². The van der Waals surface area contributed by atoms with Crippen LogP contribution in [0.2, 0.25) is 0 Å². The van der Waals surface area contributed by atoms with Crippen LogP contribution in [0.5, 0.6) is 5.75 Å². The minimum Gasteiger partial charge on any atom is -0.493 e. The summed E-state index contributed by atoms with van der Waals surface area (Å²) in [7, 11) is 0. The number of Topliss-reactive ketones (excluding diaryl/α,β-unsaturated/α-hetero) is 1. The Labute approximate surface area is 113 Å². The smallest absolute Gasteiger partial charge is 0.133 e. The summed E-state index contributed by atoms with van der Waals surface area (Å²) >= 11 is 0. The predicted octanol–water partition coefficient (Wildman–Crippen LogP) is 2.94. The number of ketones is 1. The van der Waals surface area contributed by atoms with E-state index < -0.39 is 0 Å². The molecule has 2 unspecified atom stereocenters. The van der Waals surface area contributed by atoms with E-state index in [-0.39, 0.29) is 0 Å². The van der Waals surface area contributed by atoms with Crippen molar-refractivity contribution >= 4 is 5.78 Å². The van der Waals surface area contributed by atoms with E-state index in [1.54, 1.807) is 0 Å². The van der Waals surface area contributed by atoms with Gasteiger partial charge in [-0.15, -0.1) is 0 Å². The number of ether oxygens (including phenoxy) is 2. The molecular formula is C16H20O3. The van der Waals surface area contributed by atoms with Crippen LogP contribution >= 0.6 is 0 Å². The monoisotopic (exact) mass is 260 g/mol. The summed E-state index contributed by atoms with van der Waals surface area (Å²) in [5, 5.41) is 0. The molecule has 0 N–H and O–H groups in total. The molecule has 0 aromatic heterocycles. The summed E-state index contributed by atoms with van der Waals surface area (Å²) in [6.07, 6.45) is 3.32. The molecule has 19 heavy (non-hydrogen) atoms. The normalized spacial score (nSPS) is 25.7. The highest BCUT2D eigenvalue weighted by Crippen LogP contribution is 2.36. The largest absolute Gasteiger partial charge is 0.493 e. The van der Waals surface area contributed by atoms with Crippen molar-refractivity contribution in [1.29, 1.82) is 0 Å². The number of fused-ring (bicyclic) bond motifs is 1. The van der Waals surface area contributed by atoms with Crippen molar-refractivity contribution in [1.82, 2.24) is 0 Å². The highest BCUT2D eigenvalue weighted by molar-refractivity contribution is 5.79. The van der Waals surface area contributed by atoms with Gasteiger partial charge < -0.3 is 9.47 Å². The van der Waals surface area contributed by atoms with Gasteiger partial charge in [0.2, 0.25) is 0 Å². The quantitative estimate of drug-likeness (QED) is 0.835. The summed E-state index contributed by atoms with van der Waals surface area (Å²) in [4.78, 5) is 12.2. The van der Waals surface area contributed by atoms with Gasteiger partial charge in [0.05, 0.1) is 6.61 Å². The van der Waals surface area contributed by atoms with Gasteiger partial charge in [-0.2, -0.15) is 0 Å². The molecule has 1 saturated heterocycles. The van der Waals surface area contributed by atoms with Crippen LogP contribution in [0.4, 0.5) is 0 Å². The standard InChI is InChI=1S/C16H20O3/c17-14(9-12-5-7-18-11-12)10-13-6-8-19-16-4-2-1-3-15(13)16/h1-4,12-13H,5-11H2. The van der Waals surface area contributed by atoms with E-state index in [0.29, 0.717) is 30.5 Å². The number of hydrogen-bond acceptors (Lipinski definition) is 3. The summed E-state index contributed by atoms with van der Waals surface area (Å²) < 4.78 is 11.0. The van der Waals surface area contributed by atoms with E-state index in [0.717, 1.165) is 38.4 Å². The molecule has 0 aliphatic carbocycles. The number of rotatable bonds is 4. The van der Waals surface area contributed by atoms with Crippen LogP contribution in [0.25, 0.3) is 0 Å². The lowest BCUT2D eigenvalue weighted by Gasteiger charge is -2.25. The van der Waals surface area contributed by atoms with Crippen LogP contribution in [0.1, 0.15) is 37.2 Å². The van der Waals surface area contributed by atoms with E-state index in [9.17, 15) is 4.79 Å². The highest BCUT2D eigenvalue weighted by atomic mass is 16.5. The molecule has 3 nitrogen and oxygen atoms in total. The Balaban J connectivity index is 1.62. The maximum Gasteiger partial charge on any atom is 0.133 e. The predicted molar refractivity (Wildman–Crippen MR) is 72.5 cm³/mol. The fourth-order valence-electron chi connectivity index (χ4n) is 3.05. The Bertz CT molecular complexity index is 449. The van der Waals surface area contributed by atoms with E-state index in [1.165, 1.54) is 5.56 Å². The topological polar surface area (TPSA) is 35.5 Å². The minimum absolute atomic E-state index is 0.333. The molecule has 1 aromatic rings. The van der Waals surface area contributed by atoms with Crippen molar-refractivity contribution < 1.29 is 14.3 Å². The Kier molecular flexibility index (Phi) is 3.83. The van der Waals surface area contributed by atoms with Crippen LogP contribution in [-0.2, 0) is 9.53 Å². The zero-order valence-corrected chi connectivity index (χ0v) is 11.1. The molecular weight excluding hydrogens is 240 g/mol. The first-order valence-corrected chi connectivity index (χ1v) is 7.14. The molecule has 2 aliphatic rings. The maximum atomic E-state index is 12.2. The molecule has 2 aliphatic heterocycles. The lowest BCUT2D eigenvalue weighted by Crippen LogP contribution is -2.18. The molecule has 0 radical (unpaired) electrons. The maximum absolute atomic E-state index is 12.2. The van der Waals surface area contributed by atoms with Gasteiger partial charge >= 0.3 is 0 Å². The second-order valence-electron chi connectivity index (χ2n) is 5.55. The summed E-state index contributed by atoms with van der Waals surface area (Å²) in [6, 6.07) is 8.09.